The first-order chi connectivity index (χ1) is 8.28. The molecule has 4 nitrogen and oxygen atoms in total. The van der Waals surface area contributed by atoms with Gasteiger partial charge in [0.05, 0.1) is 13.2 Å². The normalized spacial score (nSPS) is 13.8. The van der Waals surface area contributed by atoms with E-state index in [4.69, 9.17) is 10.5 Å². The van der Waals surface area contributed by atoms with E-state index in [1.54, 1.807) is 0 Å². The number of ether oxygens (including phenoxy) is 1. The first-order valence-corrected chi connectivity index (χ1v) is 5.94. The van der Waals surface area contributed by atoms with Gasteiger partial charge >= 0.3 is 0 Å². The van der Waals surface area contributed by atoms with E-state index >= 15 is 0 Å². The first kappa shape index (κ1) is 15.0. The quantitative estimate of drug-likeness (QED) is 0.830. The Labute approximate surface area is 113 Å². The summed E-state index contributed by atoms with van der Waals surface area (Å²) in [6.07, 6.45) is 2.60. The number of carbonyl (C=O) groups excluding carboxylic acids is 1. The molecule has 0 unspecified atom stereocenters. The predicted molar refractivity (Wildman–Crippen MR) is 73.8 cm³/mol. The van der Waals surface area contributed by atoms with Crippen LogP contribution in [-0.2, 0) is 16.1 Å². The van der Waals surface area contributed by atoms with Crippen LogP contribution in [0, 0.1) is 5.92 Å². The zero-order valence-corrected chi connectivity index (χ0v) is 11.0. The van der Waals surface area contributed by atoms with Crippen molar-refractivity contribution in [3.8, 4) is 0 Å². The summed E-state index contributed by atoms with van der Waals surface area (Å²) in [7, 11) is 0. The maximum absolute atomic E-state index is 11.1. The molecule has 0 spiro atoms. The number of anilines is 1. The summed E-state index contributed by atoms with van der Waals surface area (Å²) in [6, 6.07) is 7.66. The number of nitrogens with one attached hydrogen (secondary N) is 1. The third kappa shape index (κ3) is 5.04. The van der Waals surface area contributed by atoms with Crippen molar-refractivity contribution in [1.82, 2.24) is 0 Å². The van der Waals surface area contributed by atoms with Crippen molar-refractivity contribution in [3.05, 3.63) is 29.8 Å². The summed E-state index contributed by atoms with van der Waals surface area (Å²) in [5.41, 5.74) is 7.08. The number of hydrogen-bond acceptors (Lipinski definition) is 3. The zero-order chi connectivity index (χ0) is 12.1. The number of halogens is 1. The van der Waals surface area contributed by atoms with Gasteiger partial charge < -0.3 is 15.8 Å². The second-order valence-electron chi connectivity index (χ2n) is 4.41. The maximum Gasteiger partial charge on any atom is 0.238 e. The van der Waals surface area contributed by atoms with Gasteiger partial charge in [0.1, 0.15) is 0 Å². The van der Waals surface area contributed by atoms with Crippen LogP contribution in [0.4, 0.5) is 5.69 Å². The van der Waals surface area contributed by atoms with Gasteiger partial charge in [0, 0.05) is 12.3 Å². The van der Waals surface area contributed by atoms with E-state index in [2.05, 4.69) is 5.32 Å². The fourth-order valence-electron chi connectivity index (χ4n) is 1.58. The van der Waals surface area contributed by atoms with E-state index in [0.717, 1.165) is 23.8 Å². The Morgan fingerprint density at radius 1 is 1.44 bits per heavy atom. The van der Waals surface area contributed by atoms with Crippen molar-refractivity contribution < 1.29 is 9.53 Å². The smallest absolute Gasteiger partial charge is 0.238 e. The van der Waals surface area contributed by atoms with Crippen molar-refractivity contribution >= 4 is 24.0 Å². The molecular formula is C13H19ClN2O2. The average Bonchev–Trinajstić information content (AvgIpc) is 3.13. The molecular weight excluding hydrogens is 252 g/mol. The van der Waals surface area contributed by atoms with Gasteiger partial charge in [0.25, 0.3) is 0 Å². The summed E-state index contributed by atoms with van der Waals surface area (Å²) < 4.78 is 5.59. The molecule has 1 aliphatic rings. The average molecular weight is 271 g/mol. The maximum atomic E-state index is 11.1. The standard InChI is InChI=1S/C13H18N2O2.ClH/c14-7-13(16)15-12-3-1-2-11(6-12)9-17-8-10-4-5-10;/h1-3,6,10H,4-5,7-9,14H2,(H,15,16);1H. The summed E-state index contributed by atoms with van der Waals surface area (Å²) in [6.45, 7) is 1.45. The van der Waals surface area contributed by atoms with E-state index in [1.807, 2.05) is 24.3 Å². The molecule has 3 N–H and O–H groups in total. The Balaban J connectivity index is 0.00000162. The third-order valence-electron chi connectivity index (χ3n) is 2.72. The number of rotatable bonds is 6. The van der Waals surface area contributed by atoms with Crippen LogP contribution >= 0.6 is 12.4 Å². The number of nitrogens with two attached hydrogens (primary N) is 1. The van der Waals surface area contributed by atoms with Gasteiger partial charge in [-0.25, -0.2) is 0 Å². The number of benzene rings is 1. The number of amides is 1. The monoisotopic (exact) mass is 270 g/mol. The minimum Gasteiger partial charge on any atom is -0.376 e. The van der Waals surface area contributed by atoms with Gasteiger partial charge in [-0.15, -0.1) is 12.4 Å². The van der Waals surface area contributed by atoms with Crippen molar-refractivity contribution in [2.75, 3.05) is 18.5 Å². The van der Waals surface area contributed by atoms with Gasteiger partial charge in [-0.1, -0.05) is 12.1 Å². The van der Waals surface area contributed by atoms with Gasteiger partial charge in [-0.2, -0.15) is 0 Å². The second-order valence-corrected chi connectivity index (χ2v) is 4.41. The Morgan fingerprint density at radius 2 is 2.22 bits per heavy atom. The zero-order valence-electron chi connectivity index (χ0n) is 10.2. The molecule has 1 aromatic carbocycles. The van der Waals surface area contributed by atoms with Crippen LogP contribution in [0.3, 0.4) is 0 Å². The lowest BCUT2D eigenvalue weighted by atomic mass is 10.2. The minimum absolute atomic E-state index is 0. The summed E-state index contributed by atoms with van der Waals surface area (Å²) >= 11 is 0. The Bertz CT molecular complexity index is 394. The van der Waals surface area contributed by atoms with Crippen LogP contribution in [0.1, 0.15) is 18.4 Å². The highest BCUT2D eigenvalue weighted by atomic mass is 35.5. The van der Waals surface area contributed by atoms with Crippen molar-refractivity contribution in [2.24, 2.45) is 11.7 Å². The molecule has 1 fully saturated rings. The highest BCUT2D eigenvalue weighted by molar-refractivity contribution is 5.92. The number of carbonyl (C=O) groups is 1. The van der Waals surface area contributed by atoms with Crippen LogP contribution in [-0.4, -0.2) is 19.1 Å². The Kier molecular flexibility index (Phi) is 6.12. The molecule has 0 saturated heterocycles. The fraction of sp³-hybridized carbons (Fsp3) is 0.462. The molecule has 1 saturated carbocycles. The van der Waals surface area contributed by atoms with E-state index in [1.165, 1.54) is 12.8 Å². The Morgan fingerprint density at radius 3 is 2.89 bits per heavy atom. The summed E-state index contributed by atoms with van der Waals surface area (Å²) in [5.74, 6) is 0.594. The van der Waals surface area contributed by atoms with E-state index in [-0.39, 0.29) is 24.9 Å². The van der Waals surface area contributed by atoms with Gasteiger partial charge in [-0.05, 0) is 36.5 Å². The molecule has 1 aliphatic carbocycles. The molecule has 2 rings (SSSR count). The van der Waals surface area contributed by atoms with Crippen LogP contribution in [0.2, 0.25) is 0 Å². The van der Waals surface area contributed by atoms with Crippen LogP contribution in [0.15, 0.2) is 24.3 Å². The molecule has 1 amide bonds. The summed E-state index contributed by atoms with van der Waals surface area (Å²) in [4.78, 5) is 11.1. The first-order valence-electron chi connectivity index (χ1n) is 5.94. The number of hydrogen-bond donors (Lipinski definition) is 2. The third-order valence-corrected chi connectivity index (χ3v) is 2.72. The Hall–Kier alpha value is -1.10. The van der Waals surface area contributed by atoms with Crippen molar-refractivity contribution in [3.63, 3.8) is 0 Å². The molecule has 5 heteroatoms. The van der Waals surface area contributed by atoms with Crippen LogP contribution in [0.25, 0.3) is 0 Å². The second kappa shape index (κ2) is 7.36. The lowest BCUT2D eigenvalue weighted by Crippen LogP contribution is -2.21. The highest BCUT2D eigenvalue weighted by Gasteiger charge is 2.20. The molecule has 0 aromatic heterocycles. The molecule has 0 aliphatic heterocycles. The molecule has 0 radical (unpaired) electrons. The predicted octanol–water partition coefficient (Wildman–Crippen LogP) is 1.93. The van der Waals surface area contributed by atoms with Gasteiger partial charge in [-0.3, -0.25) is 4.79 Å². The van der Waals surface area contributed by atoms with E-state index in [0.29, 0.717) is 6.61 Å². The molecule has 100 valence electrons. The summed E-state index contributed by atoms with van der Waals surface area (Å²) in [5, 5.41) is 2.72. The molecule has 0 heterocycles. The van der Waals surface area contributed by atoms with Gasteiger partial charge in [0.2, 0.25) is 5.91 Å². The molecule has 1 aromatic rings. The SMILES string of the molecule is Cl.NCC(=O)Nc1cccc(COCC2CC2)c1. The van der Waals surface area contributed by atoms with Crippen molar-refractivity contribution in [1.29, 1.82) is 0 Å². The van der Waals surface area contributed by atoms with Crippen molar-refractivity contribution in [2.45, 2.75) is 19.4 Å². The van der Waals surface area contributed by atoms with Crippen LogP contribution < -0.4 is 11.1 Å². The largest absolute Gasteiger partial charge is 0.376 e. The lowest BCUT2D eigenvalue weighted by molar-refractivity contribution is -0.114. The fourth-order valence-corrected chi connectivity index (χ4v) is 1.58. The van der Waals surface area contributed by atoms with Crippen LogP contribution in [0.5, 0.6) is 0 Å². The minimum atomic E-state index is -0.180. The highest BCUT2D eigenvalue weighted by Crippen LogP contribution is 2.29. The van der Waals surface area contributed by atoms with E-state index in [9.17, 15) is 4.79 Å². The van der Waals surface area contributed by atoms with Gasteiger partial charge in [0.15, 0.2) is 0 Å². The molecule has 18 heavy (non-hydrogen) atoms. The lowest BCUT2D eigenvalue weighted by Gasteiger charge is -2.07. The topological polar surface area (TPSA) is 64.4 Å². The molecule has 0 bridgehead atoms. The van der Waals surface area contributed by atoms with E-state index < -0.39 is 0 Å². The molecule has 0 atom stereocenters.